The maximum absolute atomic E-state index is 5.81. The Labute approximate surface area is 172 Å². The van der Waals surface area contributed by atoms with Crippen molar-refractivity contribution >= 4 is 22.7 Å². The van der Waals surface area contributed by atoms with E-state index in [1.54, 1.807) is 22.7 Å². The van der Waals surface area contributed by atoms with E-state index in [9.17, 15) is 0 Å². The second kappa shape index (κ2) is 8.54. The summed E-state index contributed by atoms with van der Waals surface area (Å²) < 4.78 is 11.6. The quantitative estimate of drug-likeness (QED) is 0.355. The number of hydrogen-bond acceptors (Lipinski definition) is 6. The zero-order valence-electron chi connectivity index (χ0n) is 15.7. The van der Waals surface area contributed by atoms with Gasteiger partial charge in [0.2, 0.25) is 11.8 Å². The molecule has 0 radical (unpaired) electrons. The van der Waals surface area contributed by atoms with Gasteiger partial charge in [-0.05, 0) is 25.0 Å². The van der Waals surface area contributed by atoms with Crippen molar-refractivity contribution in [1.29, 1.82) is 0 Å². The molecule has 0 bridgehead atoms. The lowest BCUT2D eigenvalue weighted by Crippen LogP contribution is -1.93. The maximum atomic E-state index is 5.81. The van der Waals surface area contributed by atoms with Crippen molar-refractivity contribution in [1.82, 2.24) is 9.97 Å². The Morgan fingerprint density at radius 2 is 1.04 bits per heavy atom. The van der Waals surface area contributed by atoms with E-state index in [0.29, 0.717) is 25.0 Å². The van der Waals surface area contributed by atoms with Crippen molar-refractivity contribution in [3.63, 3.8) is 0 Å². The number of benzene rings is 2. The summed E-state index contributed by atoms with van der Waals surface area (Å²) >= 11 is 3.19. The fourth-order valence-corrected chi connectivity index (χ4v) is 4.86. The highest BCUT2D eigenvalue weighted by Gasteiger charge is 2.21. The molecule has 2 aromatic carbocycles. The summed E-state index contributed by atoms with van der Waals surface area (Å²) in [6.07, 6.45) is 0. The average molecular weight is 409 g/mol. The Balaban J connectivity index is 1.79. The summed E-state index contributed by atoms with van der Waals surface area (Å²) in [6.45, 7) is 5.08. The molecule has 0 spiro atoms. The van der Waals surface area contributed by atoms with Crippen LogP contribution in [0, 0.1) is 0 Å². The van der Waals surface area contributed by atoms with Crippen molar-refractivity contribution < 1.29 is 9.47 Å². The summed E-state index contributed by atoms with van der Waals surface area (Å²) in [4.78, 5) is 11.5. The molecule has 2 heterocycles. The predicted molar refractivity (Wildman–Crippen MR) is 116 cm³/mol. The van der Waals surface area contributed by atoms with Crippen molar-refractivity contribution in [2.45, 2.75) is 13.8 Å². The van der Waals surface area contributed by atoms with Crippen LogP contribution in [-0.4, -0.2) is 23.2 Å². The van der Waals surface area contributed by atoms with Crippen LogP contribution in [0.15, 0.2) is 60.7 Å². The van der Waals surface area contributed by atoms with Crippen LogP contribution in [0.5, 0.6) is 11.8 Å². The van der Waals surface area contributed by atoms with Gasteiger partial charge < -0.3 is 9.47 Å². The van der Waals surface area contributed by atoms with E-state index in [0.717, 1.165) is 30.9 Å². The average Bonchev–Trinajstić information content (AvgIpc) is 3.34. The molecule has 0 aliphatic carbocycles. The van der Waals surface area contributed by atoms with Gasteiger partial charge in [0.25, 0.3) is 0 Å². The van der Waals surface area contributed by atoms with Gasteiger partial charge in [-0.25, -0.2) is 0 Å². The molecule has 0 unspecified atom stereocenters. The lowest BCUT2D eigenvalue weighted by molar-refractivity contribution is 0.329. The summed E-state index contributed by atoms with van der Waals surface area (Å²) in [5.74, 6) is 1.31. The number of aromatic nitrogens is 2. The molecule has 2 aromatic heterocycles. The molecule has 28 heavy (non-hydrogen) atoms. The smallest absolute Gasteiger partial charge is 0.233 e. The third kappa shape index (κ3) is 3.79. The van der Waals surface area contributed by atoms with E-state index in [1.165, 1.54) is 0 Å². The SMILES string of the molecule is CCOc1nc(-c2nc(OCC)c(-c3ccccc3)s2)sc1-c1ccccc1. The van der Waals surface area contributed by atoms with Gasteiger partial charge in [0.1, 0.15) is 0 Å². The molecule has 0 saturated carbocycles. The van der Waals surface area contributed by atoms with Gasteiger partial charge in [0, 0.05) is 0 Å². The molecule has 4 aromatic rings. The maximum Gasteiger partial charge on any atom is 0.233 e. The third-order valence-corrected chi connectivity index (χ3v) is 6.32. The molecular weight excluding hydrogens is 388 g/mol. The molecule has 4 nitrogen and oxygen atoms in total. The van der Waals surface area contributed by atoms with E-state index >= 15 is 0 Å². The van der Waals surface area contributed by atoms with Crippen molar-refractivity contribution in [2.24, 2.45) is 0 Å². The molecule has 0 fully saturated rings. The molecule has 0 aliphatic rings. The molecular formula is C22H20N2O2S2. The molecule has 0 saturated heterocycles. The minimum absolute atomic E-state index is 0.570. The van der Waals surface area contributed by atoms with E-state index in [2.05, 4.69) is 24.3 Å². The van der Waals surface area contributed by atoms with Gasteiger partial charge in [0.15, 0.2) is 10.0 Å². The highest BCUT2D eigenvalue weighted by Crippen LogP contribution is 2.45. The zero-order chi connectivity index (χ0) is 19.3. The first-order valence-electron chi connectivity index (χ1n) is 9.18. The Kier molecular flexibility index (Phi) is 5.69. The normalized spacial score (nSPS) is 10.8. The summed E-state index contributed by atoms with van der Waals surface area (Å²) in [7, 11) is 0. The first-order chi connectivity index (χ1) is 13.8. The van der Waals surface area contributed by atoms with Crippen molar-refractivity contribution in [3.05, 3.63) is 60.7 Å². The van der Waals surface area contributed by atoms with Gasteiger partial charge >= 0.3 is 0 Å². The molecule has 4 rings (SSSR count). The van der Waals surface area contributed by atoms with Gasteiger partial charge in [-0.2, -0.15) is 9.97 Å². The van der Waals surface area contributed by atoms with Crippen LogP contribution < -0.4 is 9.47 Å². The summed E-state index contributed by atoms with van der Waals surface area (Å²) in [5, 5.41) is 1.69. The Morgan fingerprint density at radius 1 is 0.643 bits per heavy atom. The van der Waals surface area contributed by atoms with Crippen LogP contribution in [0.25, 0.3) is 30.9 Å². The molecule has 0 aliphatic heterocycles. The van der Waals surface area contributed by atoms with Gasteiger partial charge in [-0.3, -0.25) is 0 Å². The number of hydrogen-bond donors (Lipinski definition) is 0. The first-order valence-corrected chi connectivity index (χ1v) is 10.8. The number of rotatable bonds is 7. The zero-order valence-corrected chi connectivity index (χ0v) is 17.3. The number of ether oxygens (including phenoxy) is 2. The fraction of sp³-hybridized carbons (Fsp3) is 0.182. The minimum Gasteiger partial charge on any atom is -0.477 e. The second-order valence-electron chi connectivity index (χ2n) is 5.90. The van der Waals surface area contributed by atoms with Crippen LogP contribution >= 0.6 is 22.7 Å². The molecule has 0 amide bonds. The number of nitrogens with zero attached hydrogens (tertiary/aromatic N) is 2. The van der Waals surface area contributed by atoms with Crippen LogP contribution in [-0.2, 0) is 0 Å². The van der Waals surface area contributed by atoms with Gasteiger partial charge in [0.05, 0.1) is 23.0 Å². The Morgan fingerprint density at radius 3 is 1.39 bits per heavy atom. The molecule has 0 N–H and O–H groups in total. The highest BCUT2D eigenvalue weighted by molar-refractivity contribution is 7.25. The van der Waals surface area contributed by atoms with E-state index < -0.39 is 0 Å². The van der Waals surface area contributed by atoms with Crippen LogP contribution in [0.2, 0.25) is 0 Å². The van der Waals surface area contributed by atoms with Gasteiger partial charge in [-0.15, -0.1) is 22.7 Å². The summed E-state index contributed by atoms with van der Waals surface area (Å²) in [5.41, 5.74) is 2.19. The second-order valence-corrected chi connectivity index (χ2v) is 7.90. The largest absolute Gasteiger partial charge is 0.477 e. The minimum atomic E-state index is 0.570. The predicted octanol–water partition coefficient (Wildman–Crippen LogP) is 6.40. The van der Waals surface area contributed by atoms with Crippen LogP contribution in [0.3, 0.4) is 0 Å². The van der Waals surface area contributed by atoms with Gasteiger partial charge in [-0.1, -0.05) is 60.7 Å². The van der Waals surface area contributed by atoms with Crippen molar-refractivity contribution in [3.8, 4) is 42.7 Å². The Bertz CT molecular complexity index is 957. The van der Waals surface area contributed by atoms with E-state index in [1.807, 2.05) is 50.2 Å². The number of thiazole rings is 2. The molecule has 6 heteroatoms. The van der Waals surface area contributed by atoms with Crippen molar-refractivity contribution in [2.75, 3.05) is 13.2 Å². The lowest BCUT2D eigenvalue weighted by atomic mass is 10.2. The van der Waals surface area contributed by atoms with E-state index in [4.69, 9.17) is 19.4 Å². The fourth-order valence-electron chi connectivity index (χ4n) is 2.81. The van der Waals surface area contributed by atoms with Crippen LogP contribution in [0.4, 0.5) is 0 Å². The van der Waals surface area contributed by atoms with E-state index in [-0.39, 0.29) is 0 Å². The first kappa shape index (κ1) is 18.7. The molecule has 142 valence electrons. The monoisotopic (exact) mass is 408 g/mol. The molecule has 0 atom stereocenters. The third-order valence-electron chi connectivity index (χ3n) is 4.01. The topological polar surface area (TPSA) is 44.2 Å². The Hall–Kier alpha value is -2.70. The standard InChI is InChI=1S/C22H20N2O2S2/c1-3-25-19-17(15-11-7-5-8-12-15)27-21(23-19)22-24-20(26-4-2)18(28-22)16-13-9-6-10-14-16/h5-14H,3-4H2,1-2H3. The summed E-state index contributed by atoms with van der Waals surface area (Å²) in [6, 6.07) is 20.4. The highest BCUT2D eigenvalue weighted by atomic mass is 32.1. The lowest BCUT2D eigenvalue weighted by Gasteiger charge is -2.02. The van der Waals surface area contributed by atoms with Crippen LogP contribution in [0.1, 0.15) is 13.8 Å².